The highest BCUT2D eigenvalue weighted by molar-refractivity contribution is 5.93. The second kappa shape index (κ2) is 3.78. The molecule has 0 fully saturated rings. The summed E-state index contributed by atoms with van der Waals surface area (Å²) in [7, 11) is 0. The van der Waals surface area contributed by atoms with E-state index in [0.29, 0.717) is 5.92 Å². The van der Waals surface area contributed by atoms with E-state index in [2.05, 4.69) is 32.0 Å². The zero-order valence-electron chi connectivity index (χ0n) is 10.2. The number of fused-ring (bicyclic) bond motifs is 1. The van der Waals surface area contributed by atoms with Crippen LogP contribution in [0.15, 0.2) is 24.3 Å². The minimum Gasteiger partial charge on any atom is -0.285 e. The second-order valence-corrected chi connectivity index (χ2v) is 4.61. The van der Waals surface area contributed by atoms with Crippen LogP contribution in [0.3, 0.4) is 0 Å². The minimum atomic E-state index is 0.0739. The third-order valence-electron chi connectivity index (χ3n) is 2.99. The zero-order valence-corrected chi connectivity index (χ0v) is 10.2. The number of aryl methyl sites for hydroxylation is 1. The van der Waals surface area contributed by atoms with Crippen molar-refractivity contribution in [2.75, 3.05) is 0 Å². The number of hydrogen-bond acceptors (Lipinski definition) is 1. The van der Waals surface area contributed by atoms with Crippen LogP contribution >= 0.6 is 0 Å². The van der Waals surface area contributed by atoms with Crippen molar-refractivity contribution < 1.29 is 4.79 Å². The molecule has 0 radical (unpaired) electrons. The number of aromatic nitrogens is 1. The van der Waals surface area contributed by atoms with Crippen molar-refractivity contribution in [1.29, 1.82) is 0 Å². The van der Waals surface area contributed by atoms with E-state index in [1.54, 1.807) is 11.5 Å². The van der Waals surface area contributed by atoms with Crippen molar-refractivity contribution in [2.24, 2.45) is 0 Å². The van der Waals surface area contributed by atoms with Gasteiger partial charge < -0.3 is 0 Å². The lowest BCUT2D eigenvalue weighted by Gasteiger charge is -2.06. The Morgan fingerprint density at radius 1 is 1.25 bits per heavy atom. The third-order valence-corrected chi connectivity index (χ3v) is 2.99. The fourth-order valence-corrected chi connectivity index (χ4v) is 2.15. The Morgan fingerprint density at radius 3 is 2.50 bits per heavy atom. The highest BCUT2D eigenvalue weighted by Gasteiger charge is 2.10. The van der Waals surface area contributed by atoms with Crippen LogP contribution in [0.2, 0.25) is 0 Å². The van der Waals surface area contributed by atoms with Gasteiger partial charge in [0.05, 0.1) is 5.52 Å². The molecule has 0 saturated heterocycles. The van der Waals surface area contributed by atoms with Crippen LogP contribution in [-0.2, 0) is 0 Å². The van der Waals surface area contributed by atoms with Crippen molar-refractivity contribution in [3.05, 3.63) is 35.5 Å². The van der Waals surface area contributed by atoms with E-state index < -0.39 is 0 Å². The van der Waals surface area contributed by atoms with Crippen LogP contribution < -0.4 is 0 Å². The number of carbonyl (C=O) groups excluding carboxylic acids is 1. The predicted octanol–water partition coefficient (Wildman–Crippen LogP) is 3.73. The van der Waals surface area contributed by atoms with Gasteiger partial charge in [-0.05, 0) is 36.6 Å². The van der Waals surface area contributed by atoms with Crippen LogP contribution in [-0.4, -0.2) is 10.5 Å². The fourth-order valence-electron chi connectivity index (χ4n) is 2.15. The van der Waals surface area contributed by atoms with Crippen LogP contribution in [0.25, 0.3) is 10.9 Å². The van der Waals surface area contributed by atoms with Gasteiger partial charge in [-0.25, -0.2) is 0 Å². The summed E-state index contributed by atoms with van der Waals surface area (Å²) in [6.07, 6.45) is 0. The maximum Gasteiger partial charge on any atom is 0.228 e. The predicted molar refractivity (Wildman–Crippen MR) is 67.1 cm³/mol. The first kappa shape index (κ1) is 10.9. The number of carbonyl (C=O) groups is 1. The van der Waals surface area contributed by atoms with E-state index >= 15 is 0 Å². The molecule has 84 valence electrons. The van der Waals surface area contributed by atoms with Crippen LogP contribution in [0, 0.1) is 6.92 Å². The molecular formula is C14H17NO. The van der Waals surface area contributed by atoms with Gasteiger partial charge in [0.25, 0.3) is 0 Å². The van der Waals surface area contributed by atoms with Crippen LogP contribution in [0.5, 0.6) is 0 Å². The molecule has 0 spiro atoms. The van der Waals surface area contributed by atoms with Crippen molar-refractivity contribution >= 4 is 16.8 Å². The van der Waals surface area contributed by atoms with Gasteiger partial charge >= 0.3 is 0 Å². The van der Waals surface area contributed by atoms with Gasteiger partial charge in [-0.2, -0.15) is 0 Å². The van der Waals surface area contributed by atoms with E-state index in [1.165, 1.54) is 5.56 Å². The van der Waals surface area contributed by atoms with Gasteiger partial charge in [0.15, 0.2) is 0 Å². The molecule has 2 rings (SSSR count). The molecule has 16 heavy (non-hydrogen) atoms. The summed E-state index contributed by atoms with van der Waals surface area (Å²) >= 11 is 0. The molecule has 2 nitrogen and oxygen atoms in total. The molecule has 0 bridgehead atoms. The first-order chi connectivity index (χ1) is 7.50. The first-order valence-corrected chi connectivity index (χ1v) is 5.63. The molecule has 0 saturated carbocycles. The molecule has 0 aliphatic rings. The van der Waals surface area contributed by atoms with E-state index in [9.17, 15) is 4.79 Å². The van der Waals surface area contributed by atoms with Crippen LogP contribution in [0.1, 0.15) is 42.7 Å². The monoisotopic (exact) mass is 215 g/mol. The van der Waals surface area contributed by atoms with Gasteiger partial charge in [0.1, 0.15) is 0 Å². The van der Waals surface area contributed by atoms with E-state index in [4.69, 9.17) is 0 Å². The standard InChI is InChI=1S/C14H17NO/c1-9(2)12-5-6-14-13(8-12)7-10(3)15(14)11(4)16/h5-9H,1-4H3. The highest BCUT2D eigenvalue weighted by atomic mass is 16.1. The molecular weight excluding hydrogens is 198 g/mol. The summed E-state index contributed by atoms with van der Waals surface area (Å²) < 4.78 is 1.76. The molecule has 0 N–H and O–H groups in total. The van der Waals surface area contributed by atoms with Gasteiger partial charge in [-0.1, -0.05) is 19.9 Å². The highest BCUT2D eigenvalue weighted by Crippen LogP contribution is 2.24. The summed E-state index contributed by atoms with van der Waals surface area (Å²) in [5, 5.41) is 1.15. The largest absolute Gasteiger partial charge is 0.285 e. The summed E-state index contributed by atoms with van der Waals surface area (Å²) in [6, 6.07) is 8.39. The molecule has 0 atom stereocenters. The summed E-state index contributed by atoms with van der Waals surface area (Å²) in [4.78, 5) is 11.5. The van der Waals surface area contributed by atoms with Gasteiger partial charge in [-0.15, -0.1) is 0 Å². The van der Waals surface area contributed by atoms with Crippen molar-refractivity contribution in [3.8, 4) is 0 Å². The summed E-state index contributed by atoms with van der Waals surface area (Å²) in [5.41, 5.74) is 3.33. The number of rotatable bonds is 1. The first-order valence-electron chi connectivity index (χ1n) is 5.63. The third kappa shape index (κ3) is 1.64. The Hall–Kier alpha value is -1.57. The van der Waals surface area contributed by atoms with Gasteiger partial charge in [0, 0.05) is 18.0 Å². The lowest BCUT2D eigenvalue weighted by Crippen LogP contribution is -2.06. The Morgan fingerprint density at radius 2 is 1.94 bits per heavy atom. The average molecular weight is 215 g/mol. The molecule has 1 aromatic heterocycles. The van der Waals surface area contributed by atoms with Crippen molar-refractivity contribution in [2.45, 2.75) is 33.6 Å². The van der Waals surface area contributed by atoms with E-state index in [1.807, 2.05) is 13.0 Å². The maximum atomic E-state index is 11.5. The average Bonchev–Trinajstić information content (AvgIpc) is 2.51. The maximum absolute atomic E-state index is 11.5. The summed E-state index contributed by atoms with van der Waals surface area (Å²) in [5.74, 6) is 0.593. The molecule has 1 aromatic carbocycles. The van der Waals surface area contributed by atoms with Gasteiger partial charge in [0.2, 0.25) is 5.91 Å². The lowest BCUT2D eigenvalue weighted by atomic mass is 10.0. The Labute approximate surface area is 95.9 Å². The molecule has 0 aliphatic heterocycles. The van der Waals surface area contributed by atoms with E-state index in [0.717, 1.165) is 16.6 Å². The molecule has 2 aromatic rings. The van der Waals surface area contributed by atoms with Crippen molar-refractivity contribution in [3.63, 3.8) is 0 Å². The molecule has 0 amide bonds. The fraction of sp³-hybridized carbons (Fsp3) is 0.357. The van der Waals surface area contributed by atoms with Gasteiger partial charge in [-0.3, -0.25) is 9.36 Å². The normalized spacial score (nSPS) is 11.3. The van der Waals surface area contributed by atoms with Crippen molar-refractivity contribution in [1.82, 2.24) is 4.57 Å². The summed E-state index contributed by atoms with van der Waals surface area (Å²) in [6.45, 7) is 7.92. The number of hydrogen-bond donors (Lipinski definition) is 0. The smallest absolute Gasteiger partial charge is 0.228 e. The Kier molecular flexibility index (Phi) is 2.58. The zero-order chi connectivity index (χ0) is 11.9. The molecule has 0 aliphatic carbocycles. The minimum absolute atomic E-state index is 0.0739. The van der Waals surface area contributed by atoms with Crippen LogP contribution in [0.4, 0.5) is 0 Å². The second-order valence-electron chi connectivity index (χ2n) is 4.61. The quantitative estimate of drug-likeness (QED) is 0.710. The molecule has 1 heterocycles. The van der Waals surface area contributed by atoms with E-state index in [-0.39, 0.29) is 5.91 Å². The number of benzene rings is 1. The Bertz CT molecular complexity index is 549. The Balaban J connectivity index is 2.70. The lowest BCUT2D eigenvalue weighted by molar-refractivity contribution is 0.0940. The molecule has 0 unspecified atom stereocenters. The molecule has 2 heteroatoms. The number of nitrogens with zero attached hydrogens (tertiary/aromatic N) is 1. The topological polar surface area (TPSA) is 22.0 Å². The SMILES string of the molecule is CC(=O)n1c(C)cc2cc(C(C)C)ccc21.